The van der Waals surface area contributed by atoms with Crippen molar-refractivity contribution in [1.29, 1.82) is 5.26 Å². The highest BCUT2D eigenvalue weighted by Crippen LogP contribution is 2.40. The summed E-state index contributed by atoms with van der Waals surface area (Å²) in [6.45, 7) is 0. The van der Waals surface area contributed by atoms with Crippen molar-refractivity contribution in [2.24, 2.45) is 10.2 Å². The number of fused-ring (bicyclic) bond motifs is 1. The number of aromatic hydroxyl groups is 1. The molecular formula is C25H16N8O2. The fraction of sp³-hybridized carbons (Fsp3) is 0. The molecule has 2 aromatic heterocycles. The number of para-hydroxylation sites is 1. The summed E-state index contributed by atoms with van der Waals surface area (Å²) in [6, 6.07) is 21.3. The maximum absolute atomic E-state index is 13.0. The molecule has 5 rings (SSSR count). The van der Waals surface area contributed by atoms with E-state index in [1.165, 1.54) is 23.4 Å². The molecule has 0 fully saturated rings. The van der Waals surface area contributed by atoms with Gasteiger partial charge in [-0.25, -0.2) is 9.97 Å². The number of nitriles is 1. The van der Waals surface area contributed by atoms with E-state index in [0.29, 0.717) is 22.3 Å². The van der Waals surface area contributed by atoms with Gasteiger partial charge < -0.3 is 10.4 Å². The molecule has 3 aromatic carbocycles. The molecule has 0 aliphatic rings. The lowest BCUT2D eigenvalue weighted by Crippen LogP contribution is -2.12. The third kappa shape index (κ3) is 4.17. The van der Waals surface area contributed by atoms with Crippen molar-refractivity contribution < 1.29 is 9.90 Å². The van der Waals surface area contributed by atoms with Crippen LogP contribution in [0.4, 0.5) is 17.2 Å². The average Bonchev–Trinajstić information content (AvgIpc) is 3.32. The zero-order chi connectivity index (χ0) is 24.2. The topological polar surface area (TPSA) is 141 Å². The molecule has 10 nitrogen and oxygen atoms in total. The van der Waals surface area contributed by atoms with Gasteiger partial charge in [0.25, 0.3) is 5.91 Å². The first-order valence-corrected chi connectivity index (χ1v) is 10.4. The molecule has 0 bridgehead atoms. The Kier molecular flexibility index (Phi) is 5.63. The third-order valence-electron chi connectivity index (χ3n) is 5.16. The lowest BCUT2D eigenvalue weighted by atomic mass is 10.0. The Balaban J connectivity index is 1.61. The zero-order valence-corrected chi connectivity index (χ0v) is 18.1. The van der Waals surface area contributed by atoms with Crippen LogP contribution < -0.4 is 5.32 Å². The van der Waals surface area contributed by atoms with E-state index in [1.54, 1.807) is 54.6 Å². The predicted octanol–water partition coefficient (Wildman–Crippen LogP) is 5.06. The van der Waals surface area contributed by atoms with Gasteiger partial charge in [-0.3, -0.25) is 4.79 Å². The second-order valence-electron chi connectivity index (χ2n) is 7.34. The van der Waals surface area contributed by atoms with Crippen molar-refractivity contribution >= 4 is 33.9 Å². The standard InChI is InChI=1S/C25H16N8O2/c26-13-17-14-29-33(21-10-11-27-15-28-21)24(17)32-31-22-19-9-5-4-6-16(19)12-20(23(22)34)25(35)30-18-7-2-1-3-8-18/h1-12,14-15,34H,(H,30,35)/b32-31+. The van der Waals surface area contributed by atoms with E-state index < -0.39 is 5.91 Å². The molecule has 0 saturated heterocycles. The van der Waals surface area contributed by atoms with Gasteiger partial charge in [0, 0.05) is 23.3 Å². The molecule has 10 heteroatoms. The number of hydrogen-bond acceptors (Lipinski definition) is 8. The number of rotatable bonds is 5. The van der Waals surface area contributed by atoms with Crippen molar-refractivity contribution in [3.8, 4) is 17.6 Å². The second-order valence-corrected chi connectivity index (χ2v) is 7.34. The summed E-state index contributed by atoms with van der Waals surface area (Å²) in [5, 5.41) is 37.3. The van der Waals surface area contributed by atoms with Gasteiger partial charge in [0.1, 0.15) is 23.6 Å². The number of anilines is 1. The molecule has 2 heterocycles. The Bertz CT molecular complexity index is 1610. The molecule has 0 aliphatic carbocycles. The molecule has 0 radical (unpaired) electrons. The van der Waals surface area contributed by atoms with Crippen LogP contribution >= 0.6 is 0 Å². The van der Waals surface area contributed by atoms with Crippen LogP contribution in [-0.4, -0.2) is 30.8 Å². The molecule has 1 amide bonds. The number of hydrogen-bond donors (Lipinski definition) is 2. The minimum Gasteiger partial charge on any atom is -0.505 e. The van der Waals surface area contributed by atoms with Crippen molar-refractivity contribution in [2.45, 2.75) is 0 Å². The summed E-state index contributed by atoms with van der Waals surface area (Å²) >= 11 is 0. The zero-order valence-electron chi connectivity index (χ0n) is 18.1. The van der Waals surface area contributed by atoms with Gasteiger partial charge in [-0.05, 0) is 23.6 Å². The number of carbonyl (C=O) groups is 1. The number of azo groups is 1. The number of phenolic OH excluding ortho intramolecular Hbond substituents is 1. The molecule has 0 atom stereocenters. The summed E-state index contributed by atoms with van der Waals surface area (Å²) in [7, 11) is 0. The summed E-state index contributed by atoms with van der Waals surface area (Å²) in [4.78, 5) is 21.0. The van der Waals surface area contributed by atoms with E-state index in [1.807, 2.05) is 18.2 Å². The number of amides is 1. The van der Waals surface area contributed by atoms with Gasteiger partial charge in [0.2, 0.25) is 0 Å². The van der Waals surface area contributed by atoms with E-state index in [-0.39, 0.29) is 28.4 Å². The summed E-state index contributed by atoms with van der Waals surface area (Å²) < 4.78 is 1.34. The van der Waals surface area contributed by atoms with Gasteiger partial charge in [-0.1, -0.05) is 42.5 Å². The van der Waals surface area contributed by atoms with E-state index in [0.717, 1.165) is 0 Å². The molecular weight excluding hydrogens is 444 g/mol. The Hall–Kier alpha value is -5.43. The van der Waals surface area contributed by atoms with Crippen LogP contribution in [0.3, 0.4) is 0 Å². The fourth-order valence-electron chi connectivity index (χ4n) is 3.50. The fourth-order valence-corrected chi connectivity index (χ4v) is 3.50. The first-order valence-electron chi connectivity index (χ1n) is 10.4. The normalized spacial score (nSPS) is 10.9. The van der Waals surface area contributed by atoms with E-state index in [9.17, 15) is 15.2 Å². The van der Waals surface area contributed by atoms with Crippen LogP contribution in [0.5, 0.6) is 5.75 Å². The number of nitrogens with one attached hydrogen (secondary N) is 1. The second kappa shape index (κ2) is 9.21. The maximum atomic E-state index is 13.0. The van der Waals surface area contributed by atoms with Crippen LogP contribution in [-0.2, 0) is 0 Å². The average molecular weight is 460 g/mol. The van der Waals surface area contributed by atoms with Crippen LogP contribution in [0, 0.1) is 11.3 Å². The van der Waals surface area contributed by atoms with Gasteiger partial charge >= 0.3 is 0 Å². The molecule has 5 aromatic rings. The monoisotopic (exact) mass is 460 g/mol. The van der Waals surface area contributed by atoms with Crippen molar-refractivity contribution in [1.82, 2.24) is 19.7 Å². The first kappa shape index (κ1) is 21.4. The highest BCUT2D eigenvalue weighted by molar-refractivity contribution is 6.11. The van der Waals surface area contributed by atoms with Crippen molar-refractivity contribution in [3.05, 3.63) is 96.6 Å². The summed E-state index contributed by atoms with van der Waals surface area (Å²) in [6.07, 6.45) is 4.22. The Morgan fingerprint density at radius 3 is 2.63 bits per heavy atom. The van der Waals surface area contributed by atoms with Gasteiger partial charge in [0.05, 0.1) is 11.8 Å². The van der Waals surface area contributed by atoms with Gasteiger partial charge in [-0.15, -0.1) is 10.2 Å². The van der Waals surface area contributed by atoms with Crippen LogP contribution in [0.2, 0.25) is 0 Å². The van der Waals surface area contributed by atoms with E-state index in [2.05, 4.69) is 30.6 Å². The predicted molar refractivity (Wildman–Crippen MR) is 128 cm³/mol. The highest BCUT2D eigenvalue weighted by atomic mass is 16.3. The number of phenols is 1. The largest absolute Gasteiger partial charge is 0.505 e. The van der Waals surface area contributed by atoms with E-state index in [4.69, 9.17) is 0 Å². The van der Waals surface area contributed by atoms with Crippen LogP contribution in [0.1, 0.15) is 15.9 Å². The molecule has 0 aliphatic heterocycles. The minimum atomic E-state index is -0.500. The molecule has 2 N–H and O–H groups in total. The van der Waals surface area contributed by atoms with Crippen LogP contribution in [0.15, 0.2) is 95.7 Å². The van der Waals surface area contributed by atoms with Crippen molar-refractivity contribution in [3.63, 3.8) is 0 Å². The Labute approximate surface area is 198 Å². The Morgan fingerprint density at radius 2 is 1.86 bits per heavy atom. The Morgan fingerprint density at radius 1 is 1.06 bits per heavy atom. The number of aromatic nitrogens is 4. The van der Waals surface area contributed by atoms with E-state index >= 15 is 0 Å². The summed E-state index contributed by atoms with van der Waals surface area (Å²) in [5.74, 6) is -0.332. The number of carbonyl (C=O) groups excluding carboxylic acids is 1. The molecule has 0 unspecified atom stereocenters. The third-order valence-corrected chi connectivity index (χ3v) is 5.16. The first-order chi connectivity index (χ1) is 17.2. The highest BCUT2D eigenvalue weighted by Gasteiger charge is 2.19. The minimum absolute atomic E-state index is 0.0336. The van der Waals surface area contributed by atoms with Crippen molar-refractivity contribution in [2.75, 3.05) is 5.32 Å². The molecule has 35 heavy (non-hydrogen) atoms. The molecule has 0 spiro atoms. The molecule has 0 saturated carbocycles. The van der Waals surface area contributed by atoms with Gasteiger partial charge in [0.15, 0.2) is 17.4 Å². The van der Waals surface area contributed by atoms with Gasteiger partial charge in [-0.2, -0.15) is 15.0 Å². The smallest absolute Gasteiger partial charge is 0.259 e. The number of nitrogens with zero attached hydrogens (tertiary/aromatic N) is 7. The lowest BCUT2D eigenvalue weighted by Gasteiger charge is -2.11. The SMILES string of the molecule is N#Cc1cnn(-c2ccncn2)c1/N=N/c1c(O)c(C(=O)Nc2ccccc2)cc2ccccc12. The molecule has 168 valence electrons. The number of benzene rings is 3. The lowest BCUT2D eigenvalue weighted by molar-refractivity contribution is 0.102. The maximum Gasteiger partial charge on any atom is 0.259 e. The quantitative estimate of drug-likeness (QED) is 0.351. The summed E-state index contributed by atoms with van der Waals surface area (Å²) in [5.41, 5.74) is 0.863. The van der Waals surface area contributed by atoms with Crippen LogP contribution in [0.25, 0.3) is 16.6 Å².